The summed E-state index contributed by atoms with van der Waals surface area (Å²) in [5, 5.41) is 5.05. The lowest BCUT2D eigenvalue weighted by Crippen LogP contribution is -1.95. The smallest absolute Gasteiger partial charge is 0.141 e. The Morgan fingerprint density at radius 3 is 2.80 bits per heavy atom. The summed E-state index contributed by atoms with van der Waals surface area (Å²) < 4.78 is 14.6. The van der Waals surface area contributed by atoms with Gasteiger partial charge in [-0.25, -0.2) is 9.07 Å². The standard InChI is InChI=1S/C10H7BrClFN2/c11-6-7-3-4-15(14-7)8-1-2-10(13)9(12)5-8/h1-5H,6H2. The summed E-state index contributed by atoms with van der Waals surface area (Å²) in [6.45, 7) is 0. The van der Waals surface area contributed by atoms with E-state index in [4.69, 9.17) is 11.6 Å². The van der Waals surface area contributed by atoms with Gasteiger partial charge in [-0.3, -0.25) is 0 Å². The van der Waals surface area contributed by atoms with Crippen LogP contribution < -0.4 is 0 Å². The van der Waals surface area contributed by atoms with Crippen LogP contribution in [0.2, 0.25) is 5.02 Å². The molecule has 1 aromatic heterocycles. The molecule has 0 spiro atoms. The molecule has 0 unspecified atom stereocenters. The van der Waals surface area contributed by atoms with Crippen molar-refractivity contribution in [2.45, 2.75) is 5.33 Å². The third kappa shape index (κ3) is 2.21. The second-order valence-electron chi connectivity index (χ2n) is 2.98. The van der Waals surface area contributed by atoms with E-state index < -0.39 is 5.82 Å². The number of nitrogens with zero attached hydrogens (tertiary/aromatic N) is 2. The molecule has 0 saturated heterocycles. The molecular formula is C10H7BrClFN2. The Kier molecular flexibility index (Phi) is 3.07. The van der Waals surface area contributed by atoms with Crippen LogP contribution in [0.5, 0.6) is 0 Å². The fraction of sp³-hybridized carbons (Fsp3) is 0.100. The van der Waals surface area contributed by atoms with E-state index in [0.717, 1.165) is 11.4 Å². The summed E-state index contributed by atoms with van der Waals surface area (Å²) in [5.41, 5.74) is 1.66. The van der Waals surface area contributed by atoms with Crippen LogP contribution in [-0.4, -0.2) is 9.78 Å². The summed E-state index contributed by atoms with van der Waals surface area (Å²) in [5.74, 6) is -0.423. The summed E-state index contributed by atoms with van der Waals surface area (Å²) in [6, 6.07) is 6.38. The van der Waals surface area contributed by atoms with E-state index >= 15 is 0 Å². The average molecular weight is 290 g/mol. The SMILES string of the molecule is Fc1ccc(-n2ccc(CBr)n2)cc1Cl. The van der Waals surface area contributed by atoms with Crippen LogP contribution in [0.1, 0.15) is 5.69 Å². The highest BCUT2D eigenvalue weighted by Gasteiger charge is 2.03. The van der Waals surface area contributed by atoms with Gasteiger partial charge in [0.2, 0.25) is 0 Å². The number of aromatic nitrogens is 2. The molecule has 0 saturated carbocycles. The predicted octanol–water partition coefficient (Wildman–Crippen LogP) is 3.56. The third-order valence-electron chi connectivity index (χ3n) is 1.95. The number of hydrogen-bond acceptors (Lipinski definition) is 1. The molecule has 2 aromatic rings. The molecule has 0 amide bonds. The lowest BCUT2D eigenvalue weighted by Gasteiger charge is -2.02. The minimum Gasteiger partial charge on any atom is -0.241 e. The van der Waals surface area contributed by atoms with Gasteiger partial charge in [0, 0.05) is 11.5 Å². The minimum absolute atomic E-state index is 0.100. The van der Waals surface area contributed by atoms with Gasteiger partial charge in [0.15, 0.2) is 0 Å². The van der Waals surface area contributed by atoms with E-state index in [0.29, 0.717) is 5.33 Å². The maximum Gasteiger partial charge on any atom is 0.141 e. The van der Waals surface area contributed by atoms with Crippen molar-refractivity contribution in [1.29, 1.82) is 0 Å². The van der Waals surface area contributed by atoms with Crippen molar-refractivity contribution >= 4 is 27.5 Å². The topological polar surface area (TPSA) is 17.8 Å². The molecule has 1 heterocycles. The molecule has 0 aliphatic rings. The molecule has 0 N–H and O–H groups in total. The summed E-state index contributed by atoms with van der Waals surface area (Å²) in [7, 11) is 0. The molecule has 78 valence electrons. The van der Waals surface area contributed by atoms with Crippen molar-refractivity contribution < 1.29 is 4.39 Å². The van der Waals surface area contributed by atoms with Crippen molar-refractivity contribution in [2.75, 3.05) is 0 Å². The minimum atomic E-state index is -0.423. The van der Waals surface area contributed by atoms with Crippen molar-refractivity contribution in [3.8, 4) is 5.69 Å². The van der Waals surface area contributed by atoms with E-state index in [1.807, 2.05) is 6.07 Å². The second kappa shape index (κ2) is 4.33. The Labute approximate surface area is 99.8 Å². The molecule has 0 aliphatic heterocycles. The number of alkyl halides is 1. The van der Waals surface area contributed by atoms with E-state index in [1.54, 1.807) is 23.0 Å². The second-order valence-corrected chi connectivity index (χ2v) is 3.95. The van der Waals surface area contributed by atoms with Gasteiger partial charge in [-0.05, 0) is 24.3 Å². The van der Waals surface area contributed by atoms with Gasteiger partial charge in [0.25, 0.3) is 0 Å². The van der Waals surface area contributed by atoms with Crippen LogP contribution in [0, 0.1) is 5.82 Å². The number of benzene rings is 1. The van der Waals surface area contributed by atoms with Gasteiger partial charge in [0.05, 0.1) is 16.4 Å². The Balaban J connectivity index is 2.40. The fourth-order valence-electron chi connectivity index (χ4n) is 1.20. The molecule has 1 aromatic carbocycles. The molecule has 2 nitrogen and oxygen atoms in total. The normalized spacial score (nSPS) is 10.6. The molecule has 0 bridgehead atoms. The molecule has 0 atom stereocenters. The van der Waals surface area contributed by atoms with Crippen LogP contribution in [-0.2, 0) is 5.33 Å². The maximum absolute atomic E-state index is 12.9. The predicted molar refractivity (Wildman–Crippen MR) is 61.2 cm³/mol. The highest BCUT2D eigenvalue weighted by molar-refractivity contribution is 9.08. The van der Waals surface area contributed by atoms with E-state index in [2.05, 4.69) is 21.0 Å². The average Bonchev–Trinajstić information content (AvgIpc) is 2.70. The summed E-state index contributed by atoms with van der Waals surface area (Å²) in [6.07, 6.45) is 1.81. The zero-order valence-corrected chi connectivity index (χ0v) is 9.96. The zero-order valence-electron chi connectivity index (χ0n) is 7.62. The quantitative estimate of drug-likeness (QED) is 0.773. The molecule has 0 aliphatic carbocycles. The summed E-state index contributed by atoms with van der Waals surface area (Å²) >= 11 is 8.99. The van der Waals surface area contributed by atoms with Crippen LogP contribution >= 0.6 is 27.5 Å². The Morgan fingerprint density at radius 1 is 1.40 bits per heavy atom. The first kappa shape index (κ1) is 10.6. The lowest BCUT2D eigenvalue weighted by atomic mass is 10.3. The van der Waals surface area contributed by atoms with Gasteiger partial charge in [0.1, 0.15) is 5.82 Å². The summed E-state index contributed by atoms with van der Waals surface area (Å²) in [4.78, 5) is 0. The monoisotopic (exact) mass is 288 g/mol. The maximum atomic E-state index is 12.9. The molecule has 0 fully saturated rings. The number of rotatable bonds is 2. The van der Waals surface area contributed by atoms with Gasteiger partial charge in [-0.1, -0.05) is 27.5 Å². The first-order valence-electron chi connectivity index (χ1n) is 4.26. The van der Waals surface area contributed by atoms with E-state index in [9.17, 15) is 4.39 Å². The van der Waals surface area contributed by atoms with Crippen LogP contribution in [0.4, 0.5) is 4.39 Å². The number of hydrogen-bond donors (Lipinski definition) is 0. The highest BCUT2D eigenvalue weighted by Crippen LogP contribution is 2.18. The van der Waals surface area contributed by atoms with E-state index in [1.165, 1.54) is 6.07 Å². The van der Waals surface area contributed by atoms with Gasteiger partial charge < -0.3 is 0 Å². The Hall–Kier alpha value is -0.870. The lowest BCUT2D eigenvalue weighted by molar-refractivity contribution is 0.627. The third-order valence-corrected chi connectivity index (χ3v) is 2.81. The molecule has 5 heteroatoms. The fourth-order valence-corrected chi connectivity index (χ4v) is 1.68. The highest BCUT2D eigenvalue weighted by atomic mass is 79.9. The van der Waals surface area contributed by atoms with E-state index in [-0.39, 0.29) is 5.02 Å². The molecular weight excluding hydrogens is 282 g/mol. The zero-order chi connectivity index (χ0) is 10.8. The van der Waals surface area contributed by atoms with Gasteiger partial charge >= 0.3 is 0 Å². The van der Waals surface area contributed by atoms with Crippen molar-refractivity contribution in [2.24, 2.45) is 0 Å². The molecule has 0 radical (unpaired) electrons. The Morgan fingerprint density at radius 2 is 2.20 bits per heavy atom. The van der Waals surface area contributed by atoms with Crippen molar-refractivity contribution in [3.63, 3.8) is 0 Å². The first-order valence-corrected chi connectivity index (χ1v) is 5.76. The number of halogens is 3. The van der Waals surface area contributed by atoms with Crippen LogP contribution in [0.25, 0.3) is 5.69 Å². The van der Waals surface area contributed by atoms with Crippen molar-refractivity contribution in [3.05, 3.63) is 47.0 Å². The van der Waals surface area contributed by atoms with Gasteiger partial charge in [-0.15, -0.1) is 0 Å². The molecule has 15 heavy (non-hydrogen) atoms. The first-order chi connectivity index (χ1) is 7.20. The Bertz CT molecular complexity index is 484. The van der Waals surface area contributed by atoms with Crippen LogP contribution in [0.15, 0.2) is 30.5 Å². The van der Waals surface area contributed by atoms with Crippen molar-refractivity contribution in [1.82, 2.24) is 9.78 Å². The van der Waals surface area contributed by atoms with Gasteiger partial charge in [-0.2, -0.15) is 5.10 Å². The van der Waals surface area contributed by atoms with Crippen LogP contribution in [0.3, 0.4) is 0 Å². The molecule has 2 rings (SSSR count). The largest absolute Gasteiger partial charge is 0.241 e.